The van der Waals surface area contributed by atoms with Gasteiger partial charge in [-0.2, -0.15) is 13.2 Å². The van der Waals surface area contributed by atoms with Crippen molar-refractivity contribution in [3.05, 3.63) is 63.6 Å². The number of halogens is 5. The number of likely N-dealkylation sites (tertiary alicyclic amines) is 1. The predicted octanol–water partition coefficient (Wildman–Crippen LogP) is 6.30. The van der Waals surface area contributed by atoms with Gasteiger partial charge in [-0.25, -0.2) is 0 Å². The molecule has 234 valence electrons. The summed E-state index contributed by atoms with van der Waals surface area (Å²) in [7, 11) is 4.36. The number of nitrogens with one attached hydrogen (secondary N) is 1. The molecule has 1 amide bonds. The first-order valence-corrected chi connectivity index (χ1v) is 13.8. The number of alkyl halides is 3. The standard InChI is InChI=1S/C18H28Cl2N4O.C7H8.C2H3F3.CH4O.CH2O/c1-4-5-14(6-7-21)24-10-13(11-24)22-12-8-15(19)17(16(20)9-12)18(25)23(2)3;1-7-5-3-2-4-6-7;1-2(3,4)5;2*1-2/h8-9,13-14,22H,4-7,10-11,21H2,1-3H3;2-6H,1H3;1H3;2H,1H3;1H2. The van der Waals surface area contributed by atoms with Gasteiger partial charge in [-0.05, 0) is 38.4 Å². The second kappa shape index (κ2) is 22.3. The van der Waals surface area contributed by atoms with Gasteiger partial charge in [-0.15, -0.1) is 0 Å². The highest BCUT2D eigenvalue weighted by Gasteiger charge is 2.31. The van der Waals surface area contributed by atoms with Crippen LogP contribution in [0.3, 0.4) is 0 Å². The third-order valence-corrected chi connectivity index (χ3v) is 6.12. The van der Waals surface area contributed by atoms with E-state index in [-0.39, 0.29) is 12.8 Å². The third kappa shape index (κ3) is 17.9. The van der Waals surface area contributed by atoms with E-state index < -0.39 is 6.18 Å². The fourth-order valence-corrected chi connectivity index (χ4v) is 4.44. The number of nitrogens with two attached hydrogens (primary N) is 1. The summed E-state index contributed by atoms with van der Waals surface area (Å²) in [6.07, 6.45) is -0.603. The molecule has 1 heterocycles. The van der Waals surface area contributed by atoms with Crippen LogP contribution in [0.5, 0.6) is 0 Å². The highest BCUT2D eigenvalue weighted by Crippen LogP contribution is 2.31. The Hall–Kier alpha value is -2.37. The molecule has 0 aromatic heterocycles. The van der Waals surface area contributed by atoms with Crippen molar-refractivity contribution >= 4 is 41.6 Å². The summed E-state index contributed by atoms with van der Waals surface area (Å²) in [5.41, 5.74) is 8.24. The monoisotopic (exact) mass is 624 g/mol. The van der Waals surface area contributed by atoms with Crippen LogP contribution in [0, 0.1) is 6.92 Å². The number of amides is 1. The first-order chi connectivity index (χ1) is 19.3. The summed E-state index contributed by atoms with van der Waals surface area (Å²) in [5.74, 6) is -0.194. The average molecular weight is 626 g/mol. The number of nitrogens with zero attached hydrogens (tertiary/aromatic N) is 2. The van der Waals surface area contributed by atoms with Crippen molar-refractivity contribution in [3.8, 4) is 0 Å². The van der Waals surface area contributed by atoms with Crippen LogP contribution in [0.4, 0.5) is 18.9 Å². The molecule has 1 atom stereocenters. The molecule has 41 heavy (non-hydrogen) atoms. The van der Waals surface area contributed by atoms with Crippen molar-refractivity contribution in [3.63, 3.8) is 0 Å². The number of aliphatic hydroxyl groups is 1. The summed E-state index contributed by atoms with van der Waals surface area (Å²) in [5, 5.41) is 11.2. The molecule has 0 bridgehead atoms. The lowest BCUT2D eigenvalue weighted by molar-refractivity contribution is -0.110. The van der Waals surface area contributed by atoms with E-state index in [9.17, 15) is 18.0 Å². The molecule has 0 radical (unpaired) electrons. The van der Waals surface area contributed by atoms with Gasteiger partial charge in [0.2, 0.25) is 0 Å². The lowest BCUT2D eigenvalue weighted by Crippen LogP contribution is -2.58. The summed E-state index contributed by atoms with van der Waals surface area (Å²) >= 11 is 12.6. The molecular weight excluding hydrogens is 580 g/mol. The van der Waals surface area contributed by atoms with E-state index in [4.69, 9.17) is 38.8 Å². The molecule has 0 spiro atoms. The molecule has 1 fully saturated rings. The zero-order valence-electron chi connectivity index (χ0n) is 24.8. The Morgan fingerprint density at radius 1 is 1.12 bits per heavy atom. The maximum absolute atomic E-state index is 12.1. The number of benzene rings is 2. The maximum Gasteiger partial charge on any atom is 0.386 e. The Balaban J connectivity index is 0. The van der Waals surface area contributed by atoms with E-state index in [2.05, 4.69) is 36.2 Å². The highest BCUT2D eigenvalue weighted by atomic mass is 35.5. The Morgan fingerprint density at radius 3 is 1.93 bits per heavy atom. The SMILES string of the molecule is C=O.CC(F)(F)F.CCCC(CCN)N1CC(Nc2cc(Cl)c(C(=O)N(C)C)c(Cl)c2)C1.CO.Cc1ccccc1. The molecule has 1 unspecified atom stereocenters. The second-order valence-corrected chi connectivity index (χ2v) is 10.1. The molecular formula is C29H45Cl2F3N4O3. The topological polar surface area (TPSA) is 98.9 Å². The van der Waals surface area contributed by atoms with E-state index in [1.165, 1.54) is 23.3 Å². The number of anilines is 1. The van der Waals surface area contributed by atoms with Gasteiger partial charge in [-0.3, -0.25) is 9.69 Å². The van der Waals surface area contributed by atoms with Crippen molar-refractivity contribution in [2.24, 2.45) is 5.73 Å². The van der Waals surface area contributed by atoms with Crippen LogP contribution in [-0.4, -0.2) is 86.7 Å². The van der Waals surface area contributed by atoms with E-state index in [0.29, 0.717) is 27.7 Å². The van der Waals surface area contributed by atoms with Crippen molar-refractivity contribution in [2.75, 3.05) is 46.2 Å². The maximum atomic E-state index is 12.1. The van der Waals surface area contributed by atoms with Crippen molar-refractivity contribution < 1.29 is 27.9 Å². The van der Waals surface area contributed by atoms with Gasteiger partial charge in [0.25, 0.3) is 5.91 Å². The number of rotatable bonds is 8. The Kier molecular flexibility index (Phi) is 22.1. The number of aliphatic hydroxyl groups excluding tert-OH is 1. The van der Waals surface area contributed by atoms with Crippen molar-refractivity contribution in [2.45, 2.75) is 58.3 Å². The highest BCUT2D eigenvalue weighted by molar-refractivity contribution is 6.40. The molecule has 4 N–H and O–H groups in total. The molecule has 3 rings (SSSR count). The normalized spacial score (nSPS) is 13.2. The van der Waals surface area contributed by atoms with Gasteiger partial charge in [0.15, 0.2) is 0 Å². The zero-order valence-corrected chi connectivity index (χ0v) is 26.3. The minimum absolute atomic E-state index is 0.188. The summed E-state index contributed by atoms with van der Waals surface area (Å²) < 4.78 is 31.1. The number of hydrogen-bond donors (Lipinski definition) is 3. The number of aryl methyl sites for hydroxylation is 1. The Labute approximate surface area is 252 Å². The molecule has 7 nitrogen and oxygen atoms in total. The van der Waals surface area contributed by atoms with Crippen LogP contribution in [0.1, 0.15) is 49.0 Å². The van der Waals surface area contributed by atoms with Crippen LogP contribution in [-0.2, 0) is 4.79 Å². The number of hydrogen-bond acceptors (Lipinski definition) is 6. The Bertz CT molecular complexity index is 943. The first kappa shape index (κ1) is 40.8. The second-order valence-electron chi connectivity index (χ2n) is 9.27. The number of carbonyl (C=O) groups is 2. The van der Waals surface area contributed by atoms with Gasteiger partial charge in [-0.1, -0.05) is 72.4 Å². The fourth-order valence-electron chi connectivity index (χ4n) is 3.79. The predicted molar refractivity (Wildman–Crippen MR) is 164 cm³/mol. The molecule has 0 saturated carbocycles. The van der Waals surface area contributed by atoms with Crippen molar-refractivity contribution in [1.29, 1.82) is 0 Å². The van der Waals surface area contributed by atoms with Gasteiger partial charge in [0, 0.05) is 52.9 Å². The lowest BCUT2D eigenvalue weighted by atomic mass is 9.99. The molecule has 2 aromatic carbocycles. The van der Waals surface area contributed by atoms with E-state index in [0.717, 1.165) is 38.9 Å². The summed E-state index contributed by atoms with van der Waals surface area (Å²) in [4.78, 5) is 24.1. The van der Waals surface area contributed by atoms with Gasteiger partial charge in [0.1, 0.15) is 6.79 Å². The van der Waals surface area contributed by atoms with Crippen LogP contribution >= 0.6 is 23.2 Å². The summed E-state index contributed by atoms with van der Waals surface area (Å²) in [6, 6.07) is 14.7. The lowest BCUT2D eigenvalue weighted by Gasteiger charge is -2.45. The average Bonchev–Trinajstić information content (AvgIpc) is 2.88. The van der Waals surface area contributed by atoms with Crippen molar-refractivity contribution in [1.82, 2.24) is 9.80 Å². The van der Waals surface area contributed by atoms with Gasteiger partial charge in [0.05, 0.1) is 21.7 Å². The number of carbonyl (C=O) groups excluding carboxylic acids is 2. The molecule has 1 saturated heterocycles. The van der Waals surface area contributed by atoms with Crippen LogP contribution in [0.25, 0.3) is 0 Å². The third-order valence-electron chi connectivity index (χ3n) is 5.52. The zero-order chi connectivity index (χ0) is 32.2. The van der Waals surface area contributed by atoms with Gasteiger partial charge >= 0.3 is 6.18 Å². The molecule has 1 aliphatic rings. The van der Waals surface area contributed by atoms with E-state index in [1.54, 1.807) is 26.2 Å². The molecule has 1 aliphatic heterocycles. The molecule has 0 aliphatic carbocycles. The quantitative estimate of drug-likeness (QED) is 0.319. The molecule has 12 heteroatoms. The Morgan fingerprint density at radius 2 is 1.59 bits per heavy atom. The first-order valence-electron chi connectivity index (χ1n) is 13.0. The fraction of sp³-hybridized carbons (Fsp3) is 0.517. The summed E-state index contributed by atoms with van der Waals surface area (Å²) in [6.45, 7) is 9.18. The van der Waals surface area contributed by atoms with E-state index in [1.807, 2.05) is 25.0 Å². The van der Waals surface area contributed by atoms with E-state index >= 15 is 0 Å². The minimum atomic E-state index is -4.00. The van der Waals surface area contributed by atoms with Crippen LogP contribution in [0.15, 0.2) is 42.5 Å². The minimum Gasteiger partial charge on any atom is -0.400 e. The largest absolute Gasteiger partial charge is 0.400 e. The van der Waals surface area contributed by atoms with Crippen LogP contribution < -0.4 is 11.1 Å². The van der Waals surface area contributed by atoms with Crippen LogP contribution in [0.2, 0.25) is 10.0 Å². The van der Waals surface area contributed by atoms with Gasteiger partial charge < -0.3 is 25.9 Å². The molecule has 2 aromatic rings. The smallest absolute Gasteiger partial charge is 0.386 e.